The highest BCUT2D eigenvalue weighted by Crippen LogP contribution is 2.28. The fourth-order valence-electron chi connectivity index (χ4n) is 1.81. The van der Waals surface area contributed by atoms with E-state index in [-0.39, 0.29) is 19.4 Å². The first-order valence-electron chi connectivity index (χ1n) is 5.61. The lowest BCUT2D eigenvalue weighted by atomic mass is 9.87. The van der Waals surface area contributed by atoms with Crippen molar-refractivity contribution in [3.05, 3.63) is 12.7 Å². The average molecular weight is 228 g/mol. The zero-order valence-electron chi connectivity index (χ0n) is 9.34. The van der Waals surface area contributed by atoms with Gasteiger partial charge in [0.2, 0.25) is 0 Å². The minimum absolute atomic E-state index is 0.0538. The number of esters is 1. The molecule has 0 saturated heterocycles. The Labute approximate surface area is 94.7 Å². The predicted octanol–water partition coefficient (Wildman–Crippen LogP) is 2.35. The molecular weight excluding hydrogens is 211 g/mol. The van der Waals surface area contributed by atoms with Gasteiger partial charge in [0.1, 0.15) is 6.61 Å². The second kappa shape index (κ2) is 5.77. The van der Waals surface area contributed by atoms with Crippen LogP contribution in [0.2, 0.25) is 0 Å². The van der Waals surface area contributed by atoms with E-state index in [2.05, 4.69) is 11.3 Å². The first-order valence-corrected chi connectivity index (χ1v) is 5.61. The molecule has 0 N–H and O–H groups in total. The Bertz CT molecular complexity index is 288. The number of ketones is 1. The van der Waals surface area contributed by atoms with Crippen LogP contribution in [0.25, 0.3) is 0 Å². The van der Waals surface area contributed by atoms with Crippen molar-refractivity contribution < 1.29 is 18.7 Å². The van der Waals surface area contributed by atoms with E-state index < -0.39 is 17.4 Å². The summed E-state index contributed by atoms with van der Waals surface area (Å²) in [5.41, 5.74) is -2.43. The fraction of sp³-hybridized carbons (Fsp3) is 0.667. The van der Waals surface area contributed by atoms with Gasteiger partial charge in [0.25, 0.3) is 5.67 Å². The number of rotatable bonds is 3. The summed E-state index contributed by atoms with van der Waals surface area (Å²) in [4.78, 5) is 23.1. The minimum atomic E-state index is -2.43. The van der Waals surface area contributed by atoms with Crippen LogP contribution in [0.15, 0.2) is 12.7 Å². The summed E-state index contributed by atoms with van der Waals surface area (Å²) >= 11 is 0. The van der Waals surface area contributed by atoms with Crippen molar-refractivity contribution in [3.8, 4) is 0 Å². The van der Waals surface area contributed by atoms with Gasteiger partial charge in [0.05, 0.1) is 0 Å². The highest BCUT2D eigenvalue weighted by atomic mass is 19.1. The summed E-state index contributed by atoms with van der Waals surface area (Å²) in [6.07, 6.45) is 4.40. The summed E-state index contributed by atoms with van der Waals surface area (Å²) in [5, 5.41) is 0. The van der Waals surface area contributed by atoms with Crippen molar-refractivity contribution in [2.24, 2.45) is 0 Å². The number of carbonyl (C=O) groups is 2. The summed E-state index contributed by atoms with van der Waals surface area (Å²) in [7, 11) is 0. The van der Waals surface area contributed by atoms with Gasteiger partial charge in [-0.05, 0) is 19.3 Å². The van der Waals surface area contributed by atoms with Gasteiger partial charge in [-0.1, -0.05) is 25.5 Å². The molecule has 0 radical (unpaired) electrons. The zero-order chi connectivity index (χ0) is 12.0. The molecule has 3 nitrogen and oxygen atoms in total. The number of alkyl halides is 1. The lowest BCUT2D eigenvalue weighted by Crippen LogP contribution is -2.44. The Morgan fingerprint density at radius 1 is 1.44 bits per heavy atom. The van der Waals surface area contributed by atoms with Crippen LogP contribution < -0.4 is 0 Å². The Kier molecular flexibility index (Phi) is 4.65. The first-order chi connectivity index (χ1) is 7.61. The van der Waals surface area contributed by atoms with Crippen molar-refractivity contribution >= 4 is 11.8 Å². The van der Waals surface area contributed by atoms with Gasteiger partial charge < -0.3 is 4.74 Å². The number of ether oxygens (including phenoxy) is 1. The molecule has 0 aromatic heterocycles. The van der Waals surface area contributed by atoms with E-state index in [1.165, 1.54) is 6.08 Å². The predicted molar refractivity (Wildman–Crippen MR) is 57.7 cm³/mol. The van der Waals surface area contributed by atoms with Crippen LogP contribution in [0.4, 0.5) is 4.39 Å². The third-order valence-electron chi connectivity index (χ3n) is 2.77. The van der Waals surface area contributed by atoms with Gasteiger partial charge in [-0.3, -0.25) is 4.79 Å². The normalized spacial score (nSPS) is 26.7. The lowest BCUT2D eigenvalue weighted by Gasteiger charge is -2.23. The highest BCUT2D eigenvalue weighted by molar-refractivity contribution is 6.07. The molecule has 1 fully saturated rings. The summed E-state index contributed by atoms with van der Waals surface area (Å²) < 4.78 is 18.9. The van der Waals surface area contributed by atoms with Gasteiger partial charge in [0.15, 0.2) is 5.78 Å². The van der Waals surface area contributed by atoms with Crippen LogP contribution in [0.1, 0.15) is 38.5 Å². The number of hydrogen-bond acceptors (Lipinski definition) is 3. The Morgan fingerprint density at radius 3 is 2.81 bits per heavy atom. The molecule has 1 aliphatic rings. The Hall–Kier alpha value is -1.19. The third-order valence-corrected chi connectivity index (χ3v) is 2.77. The van der Waals surface area contributed by atoms with Gasteiger partial charge in [-0.25, -0.2) is 9.18 Å². The molecule has 0 aromatic rings. The largest absolute Gasteiger partial charge is 0.459 e. The number of Topliss-reactive ketones (excluding diaryl/α,β-unsaturated/α-hetero) is 1. The molecule has 90 valence electrons. The number of carbonyl (C=O) groups excluding carboxylic acids is 2. The zero-order valence-corrected chi connectivity index (χ0v) is 9.34. The molecule has 0 spiro atoms. The molecule has 1 rings (SSSR count). The molecule has 0 aliphatic heterocycles. The van der Waals surface area contributed by atoms with Crippen LogP contribution in [-0.2, 0) is 14.3 Å². The highest BCUT2D eigenvalue weighted by Gasteiger charge is 2.46. The van der Waals surface area contributed by atoms with Gasteiger partial charge >= 0.3 is 5.97 Å². The van der Waals surface area contributed by atoms with Crippen molar-refractivity contribution in [1.82, 2.24) is 0 Å². The smallest absolute Gasteiger partial charge is 0.352 e. The van der Waals surface area contributed by atoms with Crippen molar-refractivity contribution in [2.75, 3.05) is 6.61 Å². The molecule has 16 heavy (non-hydrogen) atoms. The van der Waals surface area contributed by atoms with Gasteiger partial charge in [-0.15, -0.1) is 0 Å². The molecule has 1 aliphatic carbocycles. The summed E-state index contributed by atoms with van der Waals surface area (Å²) in [5.74, 6) is -1.69. The van der Waals surface area contributed by atoms with Gasteiger partial charge in [0, 0.05) is 6.42 Å². The molecule has 1 atom stereocenters. The minimum Gasteiger partial charge on any atom is -0.459 e. The maximum atomic E-state index is 14.3. The Morgan fingerprint density at radius 2 is 2.12 bits per heavy atom. The molecule has 0 bridgehead atoms. The quantitative estimate of drug-likeness (QED) is 0.423. The number of hydrogen-bond donors (Lipinski definition) is 0. The molecule has 4 heteroatoms. The molecule has 0 aromatic carbocycles. The molecular formula is C12H17FO3. The van der Waals surface area contributed by atoms with Crippen LogP contribution in [0.3, 0.4) is 0 Å². The molecule has 1 unspecified atom stereocenters. The van der Waals surface area contributed by atoms with Crippen LogP contribution in [0.5, 0.6) is 0 Å². The number of halogens is 1. The lowest BCUT2D eigenvalue weighted by molar-refractivity contribution is -0.162. The standard InChI is InChI=1S/C12H17FO3/c1-2-9-16-11(15)12(13)8-6-4-3-5-7-10(12)14/h2H,1,3-9H2. The van der Waals surface area contributed by atoms with E-state index in [1.54, 1.807) is 0 Å². The maximum absolute atomic E-state index is 14.3. The SMILES string of the molecule is C=CCOC(=O)C1(F)CCCCCCC1=O. The van der Waals surface area contributed by atoms with E-state index in [1.807, 2.05) is 0 Å². The van der Waals surface area contributed by atoms with Crippen molar-refractivity contribution in [1.29, 1.82) is 0 Å². The van der Waals surface area contributed by atoms with Gasteiger partial charge in [-0.2, -0.15) is 0 Å². The summed E-state index contributed by atoms with van der Waals surface area (Å²) in [6.45, 7) is 3.31. The monoisotopic (exact) mass is 228 g/mol. The van der Waals surface area contributed by atoms with E-state index in [0.717, 1.165) is 12.8 Å². The van der Waals surface area contributed by atoms with E-state index in [0.29, 0.717) is 12.8 Å². The van der Waals surface area contributed by atoms with Crippen LogP contribution in [0, 0.1) is 0 Å². The van der Waals surface area contributed by atoms with E-state index in [9.17, 15) is 14.0 Å². The van der Waals surface area contributed by atoms with Crippen molar-refractivity contribution in [2.45, 2.75) is 44.2 Å². The summed E-state index contributed by atoms with van der Waals surface area (Å²) in [6, 6.07) is 0. The van der Waals surface area contributed by atoms with Crippen LogP contribution in [-0.4, -0.2) is 24.0 Å². The van der Waals surface area contributed by atoms with Crippen molar-refractivity contribution in [3.63, 3.8) is 0 Å². The molecule has 0 amide bonds. The molecule has 1 saturated carbocycles. The Balaban J connectivity index is 2.71. The second-order valence-corrected chi connectivity index (χ2v) is 4.03. The first kappa shape index (κ1) is 12.9. The third kappa shape index (κ3) is 2.90. The topological polar surface area (TPSA) is 43.4 Å². The van der Waals surface area contributed by atoms with Crippen LogP contribution >= 0.6 is 0 Å². The van der Waals surface area contributed by atoms with E-state index in [4.69, 9.17) is 0 Å². The fourth-order valence-corrected chi connectivity index (χ4v) is 1.81. The average Bonchev–Trinajstić information content (AvgIpc) is 2.27. The molecule has 0 heterocycles. The van der Waals surface area contributed by atoms with E-state index >= 15 is 0 Å². The maximum Gasteiger partial charge on any atom is 0.352 e. The second-order valence-electron chi connectivity index (χ2n) is 4.03.